The molecule has 0 radical (unpaired) electrons. The van der Waals surface area contributed by atoms with Gasteiger partial charge in [-0.1, -0.05) is 12.8 Å². The molecule has 0 spiro atoms. The first-order valence-electron chi connectivity index (χ1n) is 10.3. The van der Waals surface area contributed by atoms with E-state index < -0.39 is 17.5 Å². The number of carbonyl (C=O) groups is 1. The standard InChI is InChI=1S/C21H25F2N7O2/c1-30-17-11(21(29-30)32-2)7-10(8-13(17)22)26-19-12(18(25)31)9-14(23)20(28-19)27-16-6-4-3-5-15(16)24/h7-9,15-16H,3-6,24H2,1-2H3,(H2,25,31)(H2,26,27,28)/t15-,16+/m0/s1. The van der Waals surface area contributed by atoms with E-state index in [0.29, 0.717) is 5.39 Å². The predicted octanol–water partition coefficient (Wildman–Crippen LogP) is 2.78. The highest BCUT2D eigenvalue weighted by molar-refractivity contribution is 5.99. The first-order valence-corrected chi connectivity index (χ1v) is 10.3. The summed E-state index contributed by atoms with van der Waals surface area (Å²) in [6.07, 6.45) is 3.61. The van der Waals surface area contributed by atoms with E-state index in [1.54, 1.807) is 13.1 Å². The Labute approximate surface area is 183 Å². The van der Waals surface area contributed by atoms with E-state index >= 15 is 0 Å². The molecule has 170 valence electrons. The lowest BCUT2D eigenvalue weighted by Crippen LogP contribution is -2.43. The van der Waals surface area contributed by atoms with Crippen molar-refractivity contribution in [1.82, 2.24) is 14.8 Å². The Hall–Kier alpha value is -3.47. The summed E-state index contributed by atoms with van der Waals surface area (Å²) in [5.41, 5.74) is 11.9. The van der Waals surface area contributed by atoms with Gasteiger partial charge in [0.05, 0.1) is 18.1 Å². The summed E-state index contributed by atoms with van der Waals surface area (Å²) in [5.74, 6) is -1.98. The van der Waals surface area contributed by atoms with Gasteiger partial charge in [-0.3, -0.25) is 9.48 Å². The maximum absolute atomic E-state index is 14.8. The van der Waals surface area contributed by atoms with Crippen LogP contribution in [0.4, 0.5) is 26.1 Å². The molecule has 6 N–H and O–H groups in total. The third-order valence-corrected chi connectivity index (χ3v) is 5.70. The number of rotatable bonds is 6. The van der Waals surface area contributed by atoms with Crippen LogP contribution in [0.5, 0.6) is 5.88 Å². The van der Waals surface area contributed by atoms with Crippen LogP contribution in [0, 0.1) is 11.6 Å². The number of methoxy groups -OCH3 is 1. The molecule has 0 bridgehead atoms. The predicted molar refractivity (Wildman–Crippen MR) is 117 cm³/mol. The number of halogens is 2. The van der Waals surface area contributed by atoms with Gasteiger partial charge >= 0.3 is 0 Å². The monoisotopic (exact) mass is 445 g/mol. The van der Waals surface area contributed by atoms with Crippen molar-refractivity contribution >= 4 is 34.1 Å². The van der Waals surface area contributed by atoms with Crippen LogP contribution in [0.3, 0.4) is 0 Å². The van der Waals surface area contributed by atoms with Gasteiger partial charge < -0.3 is 26.8 Å². The van der Waals surface area contributed by atoms with E-state index in [0.717, 1.165) is 31.7 Å². The Morgan fingerprint density at radius 3 is 2.62 bits per heavy atom. The fourth-order valence-electron chi connectivity index (χ4n) is 4.08. The highest BCUT2D eigenvalue weighted by Crippen LogP contribution is 2.32. The molecule has 3 aromatic rings. The van der Waals surface area contributed by atoms with Crippen molar-refractivity contribution < 1.29 is 18.3 Å². The number of primary amides is 1. The summed E-state index contributed by atoms with van der Waals surface area (Å²) in [6, 6.07) is 3.56. The normalized spacial score (nSPS) is 18.5. The van der Waals surface area contributed by atoms with Crippen molar-refractivity contribution in [2.45, 2.75) is 37.8 Å². The van der Waals surface area contributed by atoms with E-state index in [4.69, 9.17) is 16.2 Å². The molecule has 1 amide bonds. The van der Waals surface area contributed by atoms with Gasteiger partial charge in [0.1, 0.15) is 11.3 Å². The molecule has 4 rings (SSSR count). The van der Waals surface area contributed by atoms with Crippen LogP contribution >= 0.6 is 0 Å². The zero-order valence-corrected chi connectivity index (χ0v) is 17.8. The van der Waals surface area contributed by atoms with Crippen LogP contribution in [0.1, 0.15) is 36.0 Å². The number of ether oxygens (including phenoxy) is 1. The second-order valence-electron chi connectivity index (χ2n) is 7.89. The summed E-state index contributed by atoms with van der Waals surface area (Å²) in [6.45, 7) is 0. The Bertz CT molecular complexity index is 1180. The smallest absolute Gasteiger partial charge is 0.252 e. The average Bonchev–Trinajstić information content (AvgIpc) is 3.07. The second kappa shape index (κ2) is 8.58. The quantitative estimate of drug-likeness (QED) is 0.458. The zero-order chi connectivity index (χ0) is 23.0. The molecule has 32 heavy (non-hydrogen) atoms. The van der Waals surface area contributed by atoms with Gasteiger partial charge in [-0.2, -0.15) is 0 Å². The topological polar surface area (TPSA) is 133 Å². The van der Waals surface area contributed by atoms with Crippen LogP contribution < -0.4 is 26.8 Å². The molecule has 0 aliphatic heterocycles. The lowest BCUT2D eigenvalue weighted by Gasteiger charge is -2.30. The molecule has 1 aromatic carbocycles. The van der Waals surface area contributed by atoms with Crippen molar-refractivity contribution in [3.05, 3.63) is 35.4 Å². The van der Waals surface area contributed by atoms with E-state index in [2.05, 4.69) is 20.7 Å². The molecule has 1 saturated carbocycles. The van der Waals surface area contributed by atoms with E-state index in [1.165, 1.54) is 17.9 Å². The highest BCUT2D eigenvalue weighted by atomic mass is 19.1. The number of nitrogens with one attached hydrogen (secondary N) is 2. The van der Waals surface area contributed by atoms with Crippen molar-refractivity contribution in [2.75, 3.05) is 17.7 Å². The van der Waals surface area contributed by atoms with Gasteiger partial charge in [0.15, 0.2) is 17.5 Å². The molecule has 2 atom stereocenters. The van der Waals surface area contributed by atoms with Crippen LogP contribution in [0.2, 0.25) is 0 Å². The number of nitrogens with two attached hydrogens (primary N) is 2. The summed E-state index contributed by atoms with van der Waals surface area (Å²) in [7, 11) is 3.03. The lowest BCUT2D eigenvalue weighted by atomic mass is 9.91. The van der Waals surface area contributed by atoms with Crippen molar-refractivity contribution in [3.8, 4) is 5.88 Å². The van der Waals surface area contributed by atoms with E-state index in [1.807, 2.05) is 0 Å². The van der Waals surface area contributed by atoms with E-state index in [9.17, 15) is 13.6 Å². The van der Waals surface area contributed by atoms with Crippen LogP contribution in [0.25, 0.3) is 10.9 Å². The summed E-state index contributed by atoms with van der Waals surface area (Å²) < 4.78 is 36.0. The number of nitrogens with zero attached hydrogens (tertiary/aromatic N) is 3. The zero-order valence-electron chi connectivity index (χ0n) is 17.8. The van der Waals surface area contributed by atoms with Gasteiger partial charge in [-0.25, -0.2) is 13.8 Å². The maximum Gasteiger partial charge on any atom is 0.252 e. The number of pyridine rings is 1. The molecule has 0 unspecified atom stereocenters. The van der Waals surface area contributed by atoms with Crippen LogP contribution in [0.15, 0.2) is 18.2 Å². The highest BCUT2D eigenvalue weighted by Gasteiger charge is 2.25. The molecule has 2 heterocycles. The molecular formula is C21H25F2N7O2. The van der Waals surface area contributed by atoms with E-state index in [-0.39, 0.29) is 46.4 Å². The number of fused-ring (bicyclic) bond motifs is 1. The summed E-state index contributed by atoms with van der Waals surface area (Å²) in [5, 5.41) is 10.5. The first-order chi connectivity index (χ1) is 15.3. The molecule has 1 aliphatic rings. The fourth-order valence-corrected chi connectivity index (χ4v) is 4.08. The molecule has 1 fully saturated rings. The number of anilines is 3. The average molecular weight is 445 g/mol. The third kappa shape index (κ3) is 4.03. The van der Waals surface area contributed by atoms with Gasteiger partial charge in [-0.05, 0) is 31.0 Å². The van der Waals surface area contributed by atoms with Crippen LogP contribution in [-0.4, -0.2) is 39.9 Å². The van der Waals surface area contributed by atoms with Crippen molar-refractivity contribution in [3.63, 3.8) is 0 Å². The second-order valence-corrected chi connectivity index (χ2v) is 7.89. The maximum atomic E-state index is 14.8. The Morgan fingerprint density at radius 2 is 1.94 bits per heavy atom. The third-order valence-electron chi connectivity index (χ3n) is 5.70. The number of benzene rings is 1. The summed E-state index contributed by atoms with van der Waals surface area (Å²) >= 11 is 0. The number of carbonyl (C=O) groups excluding carboxylic acids is 1. The van der Waals surface area contributed by atoms with Gasteiger partial charge in [-0.15, -0.1) is 5.10 Å². The van der Waals surface area contributed by atoms with Gasteiger partial charge in [0.25, 0.3) is 5.91 Å². The van der Waals surface area contributed by atoms with Crippen molar-refractivity contribution in [1.29, 1.82) is 0 Å². The SMILES string of the molecule is COc1nn(C)c2c(F)cc(Nc3nc(N[C@@H]4CCCC[C@@H]4N)c(F)cc3C(N)=O)cc12. The molecule has 9 nitrogen and oxygen atoms in total. The number of aromatic nitrogens is 3. The largest absolute Gasteiger partial charge is 0.479 e. The van der Waals surface area contributed by atoms with Gasteiger partial charge in [0, 0.05) is 24.8 Å². The number of hydrogen-bond donors (Lipinski definition) is 4. The molecule has 2 aromatic heterocycles. The minimum atomic E-state index is -0.875. The molecule has 1 aliphatic carbocycles. The van der Waals surface area contributed by atoms with Crippen LogP contribution in [-0.2, 0) is 7.05 Å². The number of hydrogen-bond acceptors (Lipinski definition) is 7. The summed E-state index contributed by atoms with van der Waals surface area (Å²) in [4.78, 5) is 16.2. The van der Waals surface area contributed by atoms with Gasteiger partial charge in [0.2, 0.25) is 5.88 Å². The Morgan fingerprint density at radius 1 is 1.19 bits per heavy atom. The molecule has 0 saturated heterocycles. The number of aryl methyl sites for hydroxylation is 1. The van der Waals surface area contributed by atoms with Crippen molar-refractivity contribution in [2.24, 2.45) is 18.5 Å². The minimum absolute atomic E-state index is 0.00705. The Balaban J connectivity index is 1.73. The minimum Gasteiger partial charge on any atom is -0.479 e. The molecular weight excluding hydrogens is 420 g/mol. The lowest BCUT2D eigenvalue weighted by molar-refractivity contribution is 0.100. The first kappa shape index (κ1) is 21.8. The number of amides is 1. The Kier molecular flexibility index (Phi) is 5.83. The molecule has 11 heteroatoms. The fraction of sp³-hybridized carbons (Fsp3) is 0.381.